The maximum absolute atomic E-state index is 11.2. The monoisotopic (exact) mass is 410 g/mol. The Morgan fingerprint density at radius 2 is 2.03 bits per heavy atom. The van der Waals surface area contributed by atoms with Crippen LogP contribution in [-0.4, -0.2) is 34.0 Å². The minimum atomic E-state index is -0.892. The summed E-state index contributed by atoms with van der Waals surface area (Å²) in [6.45, 7) is 2.58. The summed E-state index contributed by atoms with van der Waals surface area (Å²) in [5, 5.41) is 9.91. The number of hydrogen-bond donors (Lipinski definition) is 1. The third-order valence-corrected chi connectivity index (χ3v) is 5.55. The maximum Gasteiger partial charge on any atom is 0.335 e. The van der Waals surface area contributed by atoms with Gasteiger partial charge >= 0.3 is 5.97 Å². The molecule has 1 saturated heterocycles. The fourth-order valence-corrected chi connectivity index (χ4v) is 3.98. The van der Waals surface area contributed by atoms with Crippen LogP contribution in [0.4, 0.5) is 0 Å². The number of halogens is 1. The molecule has 5 nitrogen and oxygen atoms in total. The van der Waals surface area contributed by atoms with Crippen molar-refractivity contribution in [3.63, 3.8) is 0 Å². The fraction of sp³-hybridized carbons (Fsp3) is 0.304. The van der Waals surface area contributed by atoms with Crippen LogP contribution in [0.1, 0.15) is 51.9 Å². The summed E-state index contributed by atoms with van der Waals surface area (Å²) in [6.07, 6.45) is 4.63. The predicted molar refractivity (Wildman–Crippen MR) is 111 cm³/mol. The van der Waals surface area contributed by atoms with E-state index in [1.54, 1.807) is 18.2 Å². The highest BCUT2D eigenvalue weighted by Gasteiger charge is 2.25. The summed E-state index contributed by atoms with van der Waals surface area (Å²) in [6, 6.07) is 14.9. The lowest BCUT2D eigenvalue weighted by molar-refractivity contribution is 0.0696. The first kappa shape index (κ1) is 19.7. The van der Waals surface area contributed by atoms with Gasteiger partial charge in [-0.15, -0.1) is 0 Å². The van der Waals surface area contributed by atoms with Gasteiger partial charge in [0, 0.05) is 30.5 Å². The van der Waals surface area contributed by atoms with Gasteiger partial charge in [0.2, 0.25) is 0 Å². The quantitative estimate of drug-likeness (QED) is 0.619. The SMILES string of the molecule is O=C(O)c1cccc(CN2CCC[C@@H](c3ncc(Cc4ccc(Cl)cc4)o3)C2)c1. The number of carboxylic acid groups (broad SMARTS) is 1. The molecule has 6 heteroatoms. The van der Waals surface area contributed by atoms with Gasteiger partial charge in [-0.1, -0.05) is 35.9 Å². The third kappa shape index (κ3) is 5.05. The van der Waals surface area contributed by atoms with Crippen molar-refractivity contribution in [2.45, 2.75) is 31.7 Å². The number of aromatic carboxylic acids is 1. The fourth-order valence-electron chi connectivity index (χ4n) is 3.86. The van der Waals surface area contributed by atoms with Crippen molar-refractivity contribution in [3.05, 3.63) is 88.1 Å². The Labute approximate surface area is 174 Å². The van der Waals surface area contributed by atoms with E-state index in [4.69, 9.17) is 16.0 Å². The van der Waals surface area contributed by atoms with Crippen LogP contribution < -0.4 is 0 Å². The van der Waals surface area contributed by atoms with Gasteiger partial charge in [-0.2, -0.15) is 0 Å². The molecule has 1 atom stereocenters. The van der Waals surface area contributed by atoms with E-state index in [0.29, 0.717) is 12.0 Å². The van der Waals surface area contributed by atoms with Crippen molar-refractivity contribution in [2.24, 2.45) is 0 Å². The second-order valence-electron chi connectivity index (χ2n) is 7.55. The highest BCUT2D eigenvalue weighted by molar-refractivity contribution is 6.30. The molecule has 1 fully saturated rings. The van der Waals surface area contributed by atoms with E-state index < -0.39 is 5.97 Å². The van der Waals surface area contributed by atoms with Gasteiger partial charge < -0.3 is 9.52 Å². The Hall–Kier alpha value is -2.63. The van der Waals surface area contributed by atoms with Crippen molar-refractivity contribution in [3.8, 4) is 0 Å². The summed E-state index contributed by atoms with van der Waals surface area (Å²) in [7, 11) is 0. The van der Waals surface area contributed by atoms with Gasteiger partial charge in [0.1, 0.15) is 5.76 Å². The lowest BCUT2D eigenvalue weighted by Gasteiger charge is -2.31. The third-order valence-electron chi connectivity index (χ3n) is 5.30. The first-order chi connectivity index (χ1) is 14.1. The van der Waals surface area contributed by atoms with Crippen molar-refractivity contribution in [1.82, 2.24) is 9.88 Å². The number of oxazole rings is 1. The molecule has 0 amide bonds. The summed E-state index contributed by atoms with van der Waals surface area (Å²) < 4.78 is 6.06. The lowest BCUT2D eigenvalue weighted by atomic mass is 9.97. The van der Waals surface area contributed by atoms with Gasteiger partial charge in [-0.3, -0.25) is 4.90 Å². The molecule has 2 aromatic carbocycles. The second-order valence-corrected chi connectivity index (χ2v) is 7.98. The molecule has 3 aromatic rings. The van der Waals surface area contributed by atoms with Crippen LogP contribution in [0.15, 0.2) is 59.1 Å². The van der Waals surface area contributed by atoms with Gasteiger partial charge in [0.15, 0.2) is 5.89 Å². The van der Waals surface area contributed by atoms with E-state index in [0.717, 1.165) is 60.3 Å². The van der Waals surface area contributed by atoms with Gasteiger partial charge in [0.25, 0.3) is 0 Å². The number of carbonyl (C=O) groups is 1. The molecular formula is C23H23ClN2O3. The lowest BCUT2D eigenvalue weighted by Crippen LogP contribution is -2.34. The molecule has 0 radical (unpaired) electrons. The summed E-state index contributed by atoms with van der Waals surface area (Å²) in [4.78, 5) is 18.1. The number of hydrogen-bond acceptors (Lipinski definition) is 4. The summed E-state index contributed by atoms with van der Waals surface area (Å²) in [5.74, 6) is 1.01. The summed E-state index contributed by atoms with van der Waals surface area (Å²) >= 11 is 5.95. The highest BCUT2D eigenvalue weighted by Crippen LogP contribution is 2.28. The largest absolute Gasteiger partial charge is 0.478 e. The van der Waals surface area contributed by atoms with Crippen molar-refractivity contribution in [1.29, 1.82) is 0 Å². The molecule has 0 spiro atoms. The zero-order chi connectivity index (χ0) is 20.2. The molecule has 4 rings (SSSR count). The van der Waals surface area contributed by atoms with Gasteiger partial charge in [-0.25, -0.2) is 9.78 Å². The molecule has 150 valence electrons. The average Bonchev–Trinajstić information content (AvgIpc) is 3.19. The Morgan fingerprint density at radius 1 is 1.21 bits per heavy atom. The second kappa shape index (κ2) is 8.80. The minimum absolute atomic E-state index is 0.255. The van der Waals surface area contributed by atoms with Crippen LogP contribution in [0.5, 0.6) is 0 Å². The Bertz CT molecular complexity index is 984. The molecule has 0 unspecified atom stereocenters. The van der Waals surface area contributed by atoms with E-state index in [1.165, 1.54) is 0 Å². The van der Waals surface area contributed by atoms with E-state index in [-0.39, 0.29) is 5.92 Å². The van der Waals surface area contributed by atoms with E-state index >= 15 is 0 Å². The molecule has 1 aliphatic rings. The van der Waals surface area contributed by atoms with Crippen LogP contribution in [0.3, 0.4) is 0 Å². The van der Waals surface area contributed by atoms with E-state index in [9.17, 15) is 9.90 Å². The molecule has 1 aliphatic heterocycles. The van der Waals surface area contributed by atoms with Crippen molar-refractivity contribution >= 4 is 17.6 Å². The molecule has 1 N–H and O–H groups in total. The Morgan fingerprint density at radius 3 is 2.83 bits per heavy atom. The Balaban J connectivity index is 1.39. The summed E-state index contributed by atoms with van der Waals surface area (Å²) in [5.41, 5.74) is 2.48. The maximum atomic E-state index is 11.2. The van der Waals surface area contributed by atoms with E-state index in [1.807, 2.05) is 36.5 Å². The number of likely N-dealkylation sites (tertiary alicyclic amines) is 1. The average molecular weight is 411 g/mol. The number of aromatic nitrogens is 1. The number of carboxylic acids is 1. The predicted octanol–water partition coefficient (Wildman–Crippen LogP) is 5.00. The topological polar surface area (TPSA) is 66.6 Å². The zero-order valence-electron chi connectivity index (χ0n) is 16.1. The van der Waals surface area contributed by atoms with Gasteiger partial charge in [-0.05, 0) is 54.8 Å². The van der Waals surface area contributed by atoms with Crippen LogP contribution in [0.25, 0.3) is 0 Å². The highest BCUT2D eigenvalue weighted by atomic mass is 35.5. The van der Waals surface area contributed by atoms with Crippen molar-refractivity contribution < 1.29 is 14.3 Å². The first-order valence-corrected chi connectivity index (χ1v) is 10.2. The molecule has 1 aromatic heterocycles. The van der Waals surface area contributed by atoms with E-state index in [2.05, 4.69) is 9.88 Å². The molecule has 29 heavy (non-hydrogen) atoms. The van der Waals surface area contributed by atoms with Crippen LogP contribution >= 0.6 is 11.6 Å². The normalized spacial score (nSPS) is 17.3. The molecule has 0 bridgehead atoms. The standard InChI is InChI=1S/C23H23ClN2O3/c24-20-8-6-16(7-9-20)12-21-13-25-22(29-21)19-5-2-10-26(15-19)14-17-3-1-4-18(11-17)23(27)28/h1,3-4,6-9,11,13,19H,2,5,10,12,14-15H2,(H,27,28)/t19-/m1/s1. The zero-order valence-corrected chi connectivity index (χ0v) is 16.8. The minimum Gasteiger partial charge on any atom is -0.478 e. The van der Waals surface area contributed by atoms with Crippen molar-refractivity contribution in [2.75, 3.05) is 13.1 Å². The number of nitrogens with zero attached hydrogens (tertiary/aromatic N) is 2. The van der Waals surface area contributed by atoms with Crippen LogP contribution in [0, 0.1) is 0 Å². The van der Waals surface area contributed by atoms with Crippen LogP contribution in [-0.2, 0) is 13.0 Å². The number of piperidine rings is 1. The van der Waals surface area contributed by atoms with Crippen LogP contribution in [0.2, 0.25) is 5.02 Å². The Kier molecular flexibility index (Phi) is 5.97. The number of rotatable bonds is 6. The smallest absolute Gasteiger partial charge is 0.335 e. The molecule has 2 heterocycles. The molecular weight excluding hydrogens is 388 g/mol. The van der Waals surface area contributed by atoms with Gasteiger partial charge in [0.05, 0.1) is 11.8 Å². The molecule has 0 aliphatic carbocycles. The first-order valence-electron chi connectivity index (χ1n) is 9.80. The number of benzene rings is 2. The molecule has 0 saturated carbocycles.